The van der Waals surface area contributed by atoms with Crippen LogP contribution in [0, 0.1) is 13.8 Å². The molecule has 0 fully saturated rings. The highest BCUT2D eigenvalue weighted by atomic mass is 14.1. The summed E-state index contributed by atoms with van der Waals surface area (Å²) in [6, 6.07) is 15.4. The maximum absolute atomic E-state index is 2.29. The Morgan fingerprint density at radius 3 is 1.64 bits per heavy atom. The maximum atomic E-state index is 2.29. The Hall–Kier alpha value is -1.56. The fourth-order valence-corrected chi connectivity index (χ4v) is 3.18. The van der Waals surface area contributed by atoms with Crippen LogP contribution in [0.2, 0.25) is 0 Å². The first-order valence-corrected chi connectivity index (χ1v) is 10.1. The SMILES string of the molecule is CCCCc1ccccc1CCCC.Cc1cccc(C(C)C)c1C. The van der Waals surface area contributed by atoms with E-state index in [0.29, 0.717) is 5.92 Å². The molecule has 0 saturated heterocycles. The molecule has 0 amide bonds. The maximum Gasteiger partial charge on any atom is -0.0216 e. The van der Waals surface area contributed by atoms with E-state index in [1.165, 1.54) is 55.2 Å². The van der Waals surface area contributed by atoms with Crippen LogP contribution in [0.15, 0.2) is 42.5 Å². The van der Waals surface area contributed by atoms with Crippen molar-refractivity contribution in [3.63, 3.8) is 0 Å². The second-order valence-corrected chi connectivity index (χ2v) is 7.42. The molecule has 0 radical (unpaired) electrons. The number of aryl methyl sites for hydroxylation is 3. The minimum Gasteiger partial charge on any atom is -0.0654 e. The van der Waals surface area contributed by atoms with Gasteiger partial charge < -0.3 is 0 Å². The van der Waals surface area contributed by atoms with Gasteiger partial charge in [-0.3, -0.25) is 0 Å². The third-order valence-electron chi connectivity index (χ3n) is 4.99. The summed E-state index contributed by atoms with van der Waals surface area (Å²) in [5.74, 6) is 0.648. The molecular formula is C25H38. The van der Waals surface area contributed by atoms with Crippen molar-refractivity contribution < 1.29 is 0 Å². The highest BCUT2D eigenvalue weighted by Gasteiger charge is 2.03. The van der Waals surface area contributed by atoms with Crippen molar-refractivity contribution in [1.29, 1.82) is 0 Å². The van der Waals surface area contributed by atoms with E-state index in [9.17, 15) is 0 Å². The summed E-state index contributed by atoms with van der Waals surface area (Å²) in [6.07, 6.45) is 7.75. The molecule has 2 aromatic carbocycles. The van der Waals surface area contributed by atoms with E-state index in [1.807, 2.05) is 0 Å². The Kier molecular flexibility index (Phi) is 10.2. The number of rotatable bonds is 7. The Morgan fingerprint density at radius 2 is 1.24 bits per heavy atom. The summed E-state index contributed by atoms with van der Waals surface area (Å²) in [5.41, 5.74) is 7.47. The predicted octanol–water partition coefficient (Wildman–Crippen LogP) is 7.80. The molecule has 0 nitrogen and oxygen atoms in total. The Labute approximate surface area is 156 Å². The lowest BCUT2D eigenvalue weighted by Gasteiger charge is -2.10. The fourth-order valence-electron chi connectivity index (χ4n) is 3.18. The van der Waals surface area contributed by atoms with Crippen LogP contribution in [0.1, 0.15) is 87.1 Å². The molecule has 2 aromatic rings. The van der Waals surface area contributed by atoms with Crippen molar-refractivity contribution in [3.8, 4) is 0 Å². The summed E-state index contributed by atoms with van der Waals surface area (Å²) < 4.78 is 0. The van der Waals surface area contributed by atoms with Gasteiger partial charge in [0, 0.05) is 0 Å². The van der Waals surface area contributed by atoms with E-state index in [2.05, 4.69) is 84.0 Å². The van der Waals surface area contributed by atoms with Crippen LogP contribution >= 0.6 is 0 Å². The summed E-state index contributed by atoms with van der Waals surface area (Å²) in [6.45, 7) is 13.4. The first-order valence-electron chi connectivity index (χ1n) is 10.1. The van der Waals surface area contributed by atoms with Crippen molar-refractivity contribution in [2.24, 2.45) is 0 Å². The quantitative estimate of drug-likeness (QED) is 0.483. The van der Waals surface area contributed by atoms with Gasteiger partial charge in [-0.25, -0.2) is 0 Å². The predicted molar refractivity (Wildman–Crippen MR) is 114 cm³/mol. The van der Waals surface area contributed by atoms with Crippen molar-refractivity contribution in [2.75, 3.05) is 0 Å². The summed E-state index contributed by atoms with van der Waals surface area (Å²) in [5, 5.41) is 0. The molecule has 0 N–H and O–H groups in total. The van der Waals surface area contributed by atoms with Gasteiger partial charge in [-0.2, -0.15) is 0 Å². The molecule has 138 valence electrons. The van der Waals surface area contributed by atoms with Crippen LogP contribution < -0.4 is 0 Å². The van der Waals surface area contributed by atoms with E-state index < -0.39 is 0 Å². The third kappa shape index (κ3) is 7.46. The standard InChI is InChI=1S/C14H22.C11H16/c1-3-5-9-13-11-7-8-12-14(13)10-6-4-2;1-8(2)11-7-5-6-9(3)10(11)4/h7-8,11-12H,3-6,9-10H2,1-2H3;5-8H,1-4H3. The number of unbranched alkanes of at least 4 members (excludes halogenated alkanes) is 2. The second kappa shape index (κ2) is 11.9. The van der Waals surface area contributed by atoms with Gasteiger partial charge in [0.15, 0.2) is 0 Å². The van der Waals surface area contributed by atoms with Gasteiger partial charge >= 0.3 is 0 Å². The molecule has 2 rings (SSSR count). The average Bonchev–Trinajstić information content (AvgIpc) is 2.61. The van der Waals surface area contributed by atoms with Gasteiger partial charge in [-0.05, 0) is 73.3 Å². The van der Waals surface area contributed by atoms with Gasteiger partial charge in [0.05, 0.1) is 0 Å². The van der Waals surface area contributed by atoms with Gasteiger partial charge in [0.2, 0.25) is 0 Å². The molecular weight excluding hydrogens is 300 g/mol. The molecule has 25 heavy (non-hydrogen) atoms. The Bertz CT molecular complexity index is 580. The topological polar surface area (TPSA) is 0 Å². The van der Waals surface area contributed by atoms with E-state index >= 15 is 0 Å². The molecule has 0 heteroatoms. The zero-order chi connectivity index (χ0) is 18.7. The molecule has 0 atom stereocenters. The van der Waals surface area contributed by atoms with Crippen molar-refractivity contribution in [3.05, 3.63) is 70.3 Å². The summed E-state index contributed by atoms with van der Waals surface area (Å²) in [4.78, 5) is 0. The highest BCUT2D eigenvalue weighted by Crippen LogP contribution is 2.20. The van der Waals surface area contributed by atoms with Crippen LogP contribution in [0.5, 0.6) is 0 Å². The first kappa shape index (κ1) is 21.5. The van der Waals surface area contributed by atoms with Crippen molar-refractivity contribution >= 4 is 0 Å². The van der Waals surface area contributed by atoms with E-state index in [-0.39, 0.29) is 0 Å². The smallest absolute Gasteiger partial charge is 0.0216 e. The third-order valence-corrected chi connectivity index (χ3v) is 4.99. The van der Waals surface area contributed by atoms with Crippen LogP contribution in [0.3, 0.4) is 0 Å². The fraction of sp³-hybridized carbons (Fsp3) is 0.520. The lowest BCUT2D eigenvalue weighted by molar-refractivity contribution is 0.758. The molecule has 0 bridgehead atoms. The monoisotopic (exact) mass is 338 g/mol. The molecule has 0 aliphatic carbocycles. The lowest BCUT2D eigenvalue weighted by atomic mass is 9.95. The minimum atomic E-state index is 0.648. The molecule has 0 spiro atoms. The number of hydrogen-bond acceptors (Lipinski definition) is 0. The van der Waals surface area contributed by atoms with Crippen LogP contribution in [0.25, 0.3) is 0 Å². The van der Waals surface area contributed by atoms with Crippen LogP contribution in [-0.4, -0.2) is 0 Å². The highest BCUT2D eigenvalue weighted by molar-refractivity contribution is 5.34. The Morgan fingerprint density at radius 1 is 0.720 bits per heavy atom. The summed E-state index contributed by atoms with van der Waals surface area (Å²) in [7, 11) is 0. The van der Waals surface area contributed by atoms with Crippen molar-refractivity contribution in [1.82, 2.24) is 0 Å². The summed E-state index contributed by atoms with van der Waals surface area (Å²) >= 11 is 0. The van der Waals surface area contributed by atoms with E-state index in [0.717, 1.165) is 0 Å². The van der Waals surface area contributed by atoms with Gasteiger partial charge in [0.25, 0.3) is 0 Å². The molecule has 0 aliphatic rings. The van der Waals surface area contributed by atoms with Crippen LogP contribution in [0.4, 0.5) is 0 Å². The number of benzene rings is 2. The minimum absolute atomic E-state index is 0.648. The zero-order valence-corrected chi connectivity index (χ0v) is 17.4. The van der Waals surface area contributed by atoms with E-state index in [4.69, 9.17) is 0 Å². The molecule has 0 aromatic heterocycles. The van der Waals surface area contributed by atoms with Crippen molar-refractivity contribution in [2.45, 2.75) is 86.0 Å². The first-order chi connectivity index (χ1) is 12.0. The molecule has 0 heterocycles. The lowest BCUT2D eigenvalue weighted by Crippen LogP contribution is -1.94. The largest absolute Gasteiger partial charge is 0.0654 e. The zero-order valence-electron chi connectivity index (χ0n) is 17.4. The van der Waals surface area contributed by atoms with Gasteiger partial charge in [-0.15, -0.1) is 0 Å². The van der Waals surface area contributed by atoms with E-state index in [1.54, 1.807) is 11.1 Å². The molecule has 0 unspecified atom stereocenters. The normalized spacial score (nSPS) is 10.5. The number of hydrogen-bond donors (Lipinski definition) is 0. The Balaban J connectivity index is 0.000000257. The molecule has 0 saturated carbocycles. The second-order valence-electron chi connectivity index (χ2n) is 7.42. The van der Waals surface area contributed by atoms with Gasteiger partial charge in [-0.1, -0.05) is 83.0 Å². The average molecular weight is 339 g/mol. The van der Waals surface area contributed by atoms with Crippen LogP contribution in [-0.2, 0) is 12.8 Å². The van der Waals surface area contributed by atoms with Gasteiger partial charge in [0.1, 0.15) is 0 Å². The molecule has 0 aliphatic heterocycles.